The third-order valence-electron chi connectivity index (χ3n) is 5.91. The highest BCUT2D eigenvalue weighted by Crippen LogP contribution is 2.47. The first-order chi connectivity index (χ1) is 14.6. The second kappa shape index (κ2) is 7.21. The molecule has 1 spiro atoms. The Bertz CT molecular complexity index is 1130. The fourth-order valence-corrected chi connectivity index (χ4v) is 3.93. The number of fused-ring (bicyclic) bond motifs is 1. The number of benzene rings is 1. The first-order valence-electron chi connectivity index (χ1n) is 10.2. The van der Waals surface area contributed by atoms with Gasteiger partial charge in [0.2, 0.25) is 5.95 Å². The number of carbonyl (C=O) groups excluding carboxylic acids is 1. The van der Waals surface area contributed by atoms with Crippen LogP contribution in [-0.4, -0.2) is 54.2 Å². The number of pyridine rings is 1. The van der Waals surface area contributed by atoms with Crippen molar-refractivity contribution in [3.8, 4) is 11.3 Å². The van der Waals surface area contributed by atoms with Crippen molar-refractivity contribution >= 4 is 28.7 Å². The lowest BCUT2D eigenvalue weighted by atomic mass is 10.1. The number of aromatic nitrogens is 3. The Morgan fingerprint density at radius 1 is 1.20 bits per heavy atom. The molecule has 1 saturated carbocycles. The lowest BCUT2D eigenvalue weighted by Crippen LogP contribution is -2.32. The SMILES string of the molecule is CNC(=O)c1cccc(-c2ccc3c(N)nc(N4CCOCC5(CC5)C4)nc3n2)c1. The van der Waals surface area contributed by atoms with Crippen LogP contribution in [0.3, 0.4) is 0 Å². The van der Waals surface area contributed by atoms with Crippen LogP contribution < -0.4 is 16.0 Å². The van der Waals surface area contributed by atoms with Crippen molar-refractivity contribution in [2.45, 2.75) is 12.8 Å². The minimum absolute atomic E-state index is 0.135. The zero-order valence-electron chi connectivity index (χ0n) is 16.9. The number of nitrogens with two attached hydrogens (primary N) is 1. The third-order valence-corrected chi connectivity index (χ3v) is 5.91. The Morgan fingerprint density at radius 2 is 2.07 bits per heavy atom. The van der Waals surface area contributed by atoms with Gasteiger partial charge in [0.25, 0.3) is 5.91 Å². The third kappa shape index (κ3) is 3.43. The maximum atomic E-state index is 12.0. The fraction of sp³-hybridized carbons (Fsp3) is 0.364. The van der Waals surface area contributed by atoms with E-state index < -0.39 is 0 Å². The summed E-state index contributed by atoms with van der Waals surface area (Å²) in [5, 5.41) is 3.37. The second-order valence-electron chi connectivity index (χ2n) is 8.11. The van der Waals surface area contributed by atoms with Crippen LogP contribution >= 0.6 is 0 Å². The van der Waals surface area contributed by atoms with Gasteiger partial charge in [-0.25, -0.2) is 4.98 Å². The van der Waals surface area contributed by atoms with E-state index in [-0.39, 0.29) is 11.3 Å². The first-order valence-corrected chi connectivity index (χ1v) is 10.2. The molecule has 1 aliphatic heterocycles. The summed E-state index contributed by atoms with van der Waals surface area (Å²) >= 11 is 0. The van der Waals surface area contributed by atoms with Crippen LogP contribution in [0.25, 0.3) is 22.3 Å². The van der Waals surface area contributed by atoms with Crippen LogP contribution in [0.5, 0.6) is 0 Å². The van der Waals surface area contributed by atoms with Gasteiger partial charge in [0.1, 0.15) is 5.82 Å². The highest BCUT2D eigenvalue weighted by atomic mass is 16.5. The standard InChI is InChI=1S/C22H24N6O2/c1-24-20(29)15-4-2-3-14(11-15)17-6-5-16-18(23)26-21(27-19(16)25-17)28-9-10-30-13-22(12-28)7-8-22/h2-6,11H,7-10,12-13H2,1H3,(H,24,29)(H2,23,25,26,27). The van der Waals surface area contributed by atoms with E-state index in [2.05, 4.69) is 15.2 Å². The topological polar surface area (TPSA) is 106 Å². The quantitative estimate of drug-likeness (QED) is 0.689. The van der Waals surface area contributed by atoms with Gasteiger partial charge in [-0.1, -0.05) is 12.1 Å². The zero-order valence-corrected chi connectivity index (χ0v) is 16.9. The second-order valence-corrected chi connectivity index (χ2v) is 8.11. The summed E-state index contributed by atoms with van der Waals surface area (Å²) in [4.78, 5) is 28.2. The summed E-state index contributed by atoms with van der Waals surface area (Å²) in [5.74, 6) is 0.882. The van der Waals surface area contributed by atoms with Gasteiger partial charge in [0, 0.05) is 36.7 Å². The number of nitrogens with zero attached hydrogens (tertiary/aromatic N) is 4. The molecule has 0 atom stereocenters. The van der Waals surface area contributed by atoms with Crippen LogP contribution in [0.15, 0.2) is 36.4 Å². The van der Waals surface area contributed by atoms with Crippen molar-refractivity contribution in [2.24, 2.45) is 5.41 Å². The number of ether oxygens (including phenoxy) is 1. The van der Waals surface area contributed by atoms with E-state index in [1.807, 2.05) is 30.3 Å². The van der Waals surface area contributed by atoms with E-state index in [4.69, 9.17) is 20.4 Å². The first kappa shape index (κ1) is 18.7. The van der Waals surface area contributed by atoms with Crippen molar-refractivity contribution in [2.75, 3.05) is 44.0 Å². The normalized spacial score (nSPS) is 17.7. The Labute approximate surface area is 174 Å². The number of anilines is 2. The number of hydrogen-bond donors (Lipinski definition) is 2. The van der Waals surface area contributed by atoms with Crippen LogP contribution in [0.2, 0.25) is 0 Å². The van der Waals surface area contributed by atoms with Gasteiger partial charge in [-0.3, -0.25) is 4.79 Å². The molecule has 8 heteroatoms. The number of amides is 1. The number of carbonyl (C=O) groups is 1. The molecular weight excluding hydrogens is 380 g/mol. The molecule has 0 unspecified atom stereocenters. The molecule has 8 nitrogen and oxygen atoms in total. The zero-order chi connectivity index (χ0) is 20.7. The van der Waals surface area contributed by atoms with Gasteiger partial charge in [-0.2, -0.15) is 9.97 Å². The molecule has 2 fully saturated rings. The molecule has 3 aromatic rings. The van der Waals surface area contributed by atoms with Crippen LogP contribution in [0, 0.1) is 5.41 Å². The monoisotopic (exact) mass is 404 g/mol. The number of nitrogens with one attached hydrogen (secondary N) is 1. The molecule has 3 N–H and O–H groups in total. The molecule has 1 aliphatic carbocycles. The minimum Gasteiger partial charge on any atom is -0.383 e. The lowest BCUT2D eigenvalue weighted by molar-refractivity contribution is 0.0963. The van der Waals surface area contributed by atoms with Gasteiger partial charge >= 0.3 is 0 Å². The van der Waals surface area contributed by atoms with Crippen molar-refractivity contribution in [3.63, 3.8) is 0 Å². The van der Waals surface area contributed by atoms with E-state index in [1.54, 1.807) is 13.1 Å². The summed E-state index contributed by atoms with van der Waals surface area (Å²) in [6.07, 6.45) is 2.35. The molecule has 2 aliphatic rings. The van der Waals surface area contributed by atoms with Crippen LogP contribution in [0.4, 0.5) is 11.8 Å². The average molecular weight is 404 g/mol. The van der Waals surface area contributed by atoms with E-state index in [1.165, 1.54) is 12.8 Å². The largest absolute Gasteiger partial charge is 0.383 e. The molecule has 2 aromatic heterocycles. The van der Waals surface area contributed by atoms with E-state index in [9.17, 15) is 4.79 Å². The summed E-state index contributed by atoms with van der Waals surface area (Å²) in [6, 6.07) is 11.1. The Morgan fingerprint density at radius 3 is 2.87 bits per heavy atom. The summed E-state index contributed by atoms with van der Waals surface area (Å²) < 4.78 is 5.78. The molecule has 1 amide bonds. The molecule has 30 heavy (non-hydrogen) atoms. The molecular formula is C22H24N6O2. The minimum atomic E-state index is -0.135. The van der Waals surface area contributed by atoms with Gasteiger partial charge in [0.05, 0.1) is 24.3 Å². The summed E-state index contributed by atoms with van der Waals surface area (Å²) in [6.45, 7) is 3.08. The fourth-order valence-electron chi connectivity index (χ4n) is 3.93. The molecule has 5 rings (SSSR count). The number of hydrogen-bond acceptors (Lipinski definition) is 7. The van der Waals surface area contributed by atoms with E-state index in [0.29, 0.717) is 29.6 Å². The smallest absolute Gasteiger partial charge is 0.251 e. The Hall–Kier alpha value is -3.26. The average Bonchev–Trinajstić information content (AvgIpc) is 3.58. The Balaban J connectivity index is 1.53. The highest BCUT2D eigenvalue weighted by molar-refractivity contribution is 5.95. The molecule has 154 valence electrons. The van der Waals surface area contributed by atoms with E-state index >= 15 is 0 Å². The molecule has 0 radical (unpaired) electrons. The van der Waals surface area contributed by atoms with Gasteiger partial charge in [0.15, 0.2) is 5.65 Å². The maximum absolute atomic E-state index is 12.0. The van der Waals surface area contributed by atoms with Crippen molar-refractivity contribution in [1.82, 2.24) is 20.3 Å². The number of rotatable bonds is 3. The molecule has 0 bridgehead atoms. The van der Waals surface area contributed by atoms with Gasteiger partial charge < -0.3 is 20.7 Å². The predicted molar refractivity (Wildman–Crippen MR) is 115 cm³/mol. The number of nitrogen functional groups attached to an aromatic ring is 1. The van der Waals surface area contributed by atoms with Gasteiger partial charge in [-0.05, 0) is 37.1 Å². The van der Waals surface area contributed by atoms with Crippen molar-refractivity contribution in [3.05, 3.63) is 42.0 Å². The predicted octanol–water partition coefficient (Wildman–Crippen LogP) is 2.25. The van der Waals surface area contributed by atoms with E-state index in [0.717, 1.165) is 36.3 Å². The summed E-state index contributed by atoms with van der Waals surface area (Å²) in [5.41, 5.74) is 9.20. The van der Waals surface area contributed by atoms with Crippen molar-refractivity contribution in [1.29, 1.82) is 0 Å². The molecule has 1 saturated heterocycles. The Kier molecular flexibility index (Phi) is 4.51. The van der Waals surface area contributed by atoms with Gasteiger partial charge in [-0.15, -0.1) is 0 Å². The lowest BCUT2D eigenvalue weighted by Gasteiger charge is -2.23. The van der Waals surface area contributed by atoms with Crippen LogP contribution in [0.1, 0.15) is 23.2 Å². The molecule has 1 aromatic carbocycles. The maximum Gasteiger partial charge on any atom is 0.251 e. The summed E-state index contributed by atoms with van der Waals surface area (Å²) in [7, 11) is 1.62. The molecule has 3 heterocycles. The highest BCUT2D eigenvalue weighted by Gasteiger charge is 2.45. The van der Waals surface area contributed by atoms with Crippen molar-refractivity contribution < 1.29 is 9.53 Å². The van der Waals surface area contributed by atoms with Crippen LogP contribution in [-0.2, 0) is 4.74 Å².